The molecule has 0 saturated carbocycles. The first-order valence-corrected chi connectivity index (χ1v) is 7.13. The van der Waals surface area contributed by atoms with Gasteiger partial charge >= 0.3 is 0 Å². The number of likely N-dealkylation sites (N-methyl/N-ethyl adjacent to an activating group) is 2. The molecule has 0 spiro atoms. The molecule has 0 atom stereocenters. The first-order chi connectivity index (χ1) is 9.65. The lowest BCUT2D eigenvalue weighted by Gasteiger charge is -2.15. The van der Waals surface area contributed by atoms with Crippen LogP contribution in [-0.4, -0.2) is 48.2 Å². The van der Waals surface area contributed by atoms with Crippen molar-refractivity contribution < 1.29 is 4.79 Å². The van der Waals surface area contributed by atoms with Crippen molar-refractivity contribution in [3.05, 3.63) is 40.5 Å². The minimum absolute atomic E-state index is 0. The van der Waals surface area contributed by atoms with E-state index in [0.717, 1.165) is 17.8 Å². The average molecular weight is 374 g/mol. The van der Waals surface area contributed by atoms with Gasteiger partial charge in [0.05, 0.1) is 4.47 Å². The summed E-state index contributed by atoms with van der Waals surface area (Å²) in [7, 11) is 3.63. The fourth-order valence-electron chi connectivity index (χ4n) is 1.83. The van der Waals surface area contributed by atoms with E-state index < -0.39 is 0 Å². The summed E-state index contributed by atoms with van der Waals surface area (Å²) >= 11 is 3.47. The Bertz CT molecular complexity index is 588. The number of hydrogen-bond donors (Lipinski definition) is 2. The molecule has 7 heteroatoms. The molecule has 0 aliphatic carbocycles. The SMILES string of the molecule is CNCCN(C)C(=O)c1[nH]nc(-c2ccccc2)c1Br.Cl. The Morgan fingerprint density at radius 3 is 2.67 bits per heavy atom. The van der Waals surface area contributed by atoms with E-state index in [-0.39, 0.29) is 18.3 Å². The highest BCUT2D eigenvalue weighted by Gasteiger charge is 2.20. The van der Waals surface area contributed by atoms with Gasteiger partial charge in [0.2, 0.25) is 0 Å². The lowest BCUT2D eigenvalue weighted by atomic mass is 10.1. The van der Waals surface area contributed by atoms with Crippen LogP contribution >= 0.6 is 28.3 Å². The standard InChI is InChI=1S/C14H17BrN4O.ClH/c1-16-8-9-19(2)14(20)13-11(15)12(17-18-13)10-6-4-3-5-7-10;/h3-7,16H,8-9H2,1-2H3,(H,17,18);1H. The number of aromatic amines is 1. The second-order valence-corrected chi connectivity index (χ2v) is 5.25. The number of nitrogens with one attached hydrogen (secondary N) is 2. The molecular weight excluding hydrogens is 356 g/mol. The van der Waals surface area contributed by atoms with Crippen LogP contribution in [0.4, 0.5) is 0 Å². The van der Waals surface area contributed by atoms with Gasteiger partial charge in [-0.1, -0.05) is 30.3 Å². The van der Waals surface area contributed by atoms with Crippen molar-refractivity contribution in [1.29, 1.82) is 0 Å². The van der Waals surface area contributed by atoms with E-state index in [1.807, 2.05) is 37.4 Å². The predicted octanol–water partition coefficient (Wildman–Crippen LogP) is 2.55. The molecule has 1 amide bonds. The largest absolute Gasteiger partial charge is 0.339 e. The smallest absolute Gasteiger partial charge is 0.272 e. The Labute approximate surface area is 138 Å². The van der Waals surface area contributed by atoms with Crippen LogP contribution in [0.15, 0.2) is 34.8 Å². The summed E-state index contributed by atoms with van der Waals surface area (Å²) in [5, 5.41) is 10.1. The van der Waals surface area contributed by atoms with Crippen molar-refractivity contribution in [3.63, 3.8) is 0 Å². The molecule has 21 heavy (non-hydrogen) atoms. The topological polar surface area (TPSA) is 61.0 Å². The van der Waals surface area contributed by atoms with Gasteiger partial charge in [0.15, 0.2) is 0 Å². The van der Waals surface area contributed by atoms with Crippen molar-refractivity contribution in [3.8, 4) is 11.3 Å². The lowest BCUT2D eigenvalue weighted by Crippen LogP contribution is -2.33. The van der Waals surface area contributed by atoms with Crippen LogP contribution in [0.3, 0.4) is 0 Å². The Kier molecular flexibility index (Phi) is 6.87. The van der Waals surface area contributed by atoms with Gasteiger partial charge in [0.1, 0.15) is 11.4 Å². The van der Waals surface area contributed by atoms with Crippen molar-refractivity contribution in [1.82, 2.24) is 20.4 Å². The molecule has 0 aliphatic rings. The minimum atomic E-state index is -0.0817. The van der Waals surface area contributed by atoms with E-state index in [4.69, 9.17) is 0 Å². The van der Waals surface area contributed by atoms with Gasteiger partial charge < -0.3 is 10.2 Å². The lowest BCUT2D eigenvalue weighted by molar-refractivity contribution is 0.0790. The van der Waals surface area contributed by atoms with Gasteiger partial charge in [-0.25, -0.2) is 0 Å². The number of benzene rings is 1. The fraction of sp³-hybridized carbons (Fsp3) is 0.286. The molecule has 114 valence electrons. The van der Waals surface area contributed by atoms with Crippen LogP contribution in [0.25, 0.3) is 11.3 Å². The zero-order valence-corrected chi connectivity index (χ0v) is 14.3. The highest BCUT2D eigenvalue weighted by atomic mass is 79.9. The average Bonchev–Trinajstić information content (AvgIpc) is 2.86. The van der Waals surface area contributed by atoms with Crippen LogP contribution in [0.5, 0.6) is 0 Å². The maximum Gasteiger partial charge on any atom is 0.272 e. The molecule has 0 unspecified atom stereocenters. The molecule has 0 fully saturated rings. The highest BCUT2D eigenvalue weighted by molar-refractivity contribution is 9.10. The second kappa shape index (κ2) is 8.17. The van der Waals surface area contributed by atoms with Crippen LogP contribution < -0.4 is 5.32 Å². The second-order valence-electron chi connectivity index (χ2n) is 4.46. The van der Waals surface area contributed by atoms with E-state index in [9.17, 15) is 4.79 Å². The molecule has 0 saturated heterocycles. The number of halogens is 2. The number of aromatic nitrogens is 2. The van der Waals surface area contributed by atoms with Gasteiger partial charge in [0.25, 0.3) is 5.91 Å². The van der Waals surface area contributed by atoms with Crippen molar-refractivity contribution >= 4 is 34.2 Å². The normalized spacial score (nSPS) is 10.0. The third-order valence-corrected chi connectivity index (χ3v) is 3.78. The summed E-state index contributed by atoms with van der Waals surface area (Å²) in [5.74, 6) is -0.0817. The Hall–Kier alpha value is -1.37. The summed E-state index contributed by atoms with van der Waals surface area (Å²) < 4.78 is 0.699. The van der Waals surface area contributed by atoms with E-state index in [1.165, 1.54) is 0 Å². The summed E-state index contributed by atoms with van der Waals surface area (Å²) in [4.78, 5) is 14.0. The Morgan fingerprint density at radius 2 is 2.05 bits per heavy atom. The van der Waals surface area contributed by atoms with E-state index >= 15 is 0 Å². The molecular formula is C14H18BrClN4O. The maximum atomic E-state index is 12.3. The number of nitrogens with zero attached hydrogens (tertiary/aromatic N) is 2. The highest BCUT2D eigenvalue weighted by Crippen LogP contribution is 2.29. The van der Waals surface area contributed by atoms with E-state index in [2.05, 4.69) is 31.4 Å². The zero-order valence-electron chi connectivity index (χ0n) is 11.9. The summed E-state index contributed by atoms with van der Waals surface area (Å²) in [6, 6.07) is 9.75. The van der Waals surface area contributed by atoms with Gasteiger partial charge in [-0.3, -0.25) is 9.89 Å². The molecule has 2 rings (SSSR count). The number of carbonyl (C=O) groups excluding carboxylic acids is 1. The molecule has 0 aliphatic heterocycles. The van der Waals surface area contributed by atoms with Crippen LogP contribution in [0.2, 0.25) is 0 Å². The number of rotatable bonds is 5. The van der Waals surface area contributed by atoms with Gasteiger partial charge in [0, 0.05) is 25.7 Å². The van der Waals surface area contributed by atoms with Crippen molar-refractivity contribution in [2.24, 2.45) is 0 Å². The quantitative estimate of drug-likeness (QED) is 0.847. The van der Waals surface area contributed by atoms with Crippen LogP contribution in [0.1, 0.15) is 10.5 Å². The molecule has 5 nitrogen and oxygen atoms in total. The molecule has 2 aromatic rings. The van der Waals surface area contributed by atoms with Gasteiger partial charge in [-0.2, -0.15) is 5.10 Å². The van der Waals surface area contributed by atoms with E-state index in [0.29, 0.717) is 16.7 Å². The third kappa shape index (κ3) is 4.06. The summed E-state index contributed by atoms with van der Waals surface area (Å²) in [6.45, 7) is 1.39. The summed E-state index contributed by atoms with van der Waals surface area (Å²) in [5.41, 5.74) is 2.19. The van der Waals surface area contributed by atoms with Gasteiger partial charge in [-0.05, 0) is 23.0 Å². The number of amides is 1. The Balaban J connectivity index is 0.00000220. The van der Waals surface area contributed by atoms with Crippen molar-refractivity contribution in [2.45, 2.75) is 0 Å². The zero-order chi connectivity index (χ0) is 14.5. The van der Waals surface area contributed by atoms with Crippen LogP contribution in [0, 0.1) is 0 Å². The van der Waals surface area contributed by atoms with Gasteiger partial charge in [-0.15, -0.1) is 12.4 Å². The first kappa shape index (κ1) is 17.7. The maximum absolute atomic E-state index is 12.3. The molecule has 0 bridgehead atoms. The number of hydrogen-bond acceptors (Lipinski definition) is 3. The van der Waals surface area contributed by atoms with Crippen molar-refractivity contribution in [2.75, 3.05) is 27.2 Å². The number of H-pyrrole nitrogens is 1. The third-order valence-electron chi connectivity index (χ3n) is 3.01. The Morgan fingerprint density at radius 1 is 1.38 bits per heavy atom. The molecule has 1 aromatic carbocycles. The molecule has 1 heterocycles. The predicted molar refractivity (Wildman–Crippen MR) is 89.9 cm³/mol. The molecule has 2 N–H and O–H groups in total. The van der Waals surface area contributed by atoms with Crippen LogP contribution in [-0.2, 0) is 0 Å². The monoisotopic (exact) mass is 372 g/mol. The van der Waals surface area contributed by atoms with E-state index in [1.54, 1.807) is 11.9 Å². The molecule has 0 radical (unpaired) electrons. The fourth-order valence-corrected chi connectivity index (χ4v) is 2.41. The summed E-state index contributed by atoms with van der Waals surface area (Å²) in [6.07, 6.45) is 0. The molecule has 1 aromatic heterocycles. The number of carbonyl (C=O) groups is 1. The first-order valence-electron chi connectivity index (χ1n) is 6.34. The minimum Gasteiger partial charge on any atom is -0.339 e.